The van der Waals surface area contributed by atoms with Crippen molar-refractivity contribution in [3.05, 3.63) is 4.60 Å². The van der Waals surface area contributed by atoms with Crippen LogP contribution in [0.5, 0.6) is 0 Å². The molecule has 1 aromatic rings. The normalized spacial score (nSPS) is 11.8. The molecule has 1 rings (SSSR count). The Hall–Kier alpha value is -0.580. The number of anilines is 1. The van der Waals surface area contributed by atoms with Crippen LogP contribution in [0.25, 0.3) is 0 Å². The third kappa shape index (κ3) is 3.77. The van der Waals surface area contributed by atoms with Crippen molar-refractivity contribution in [2.45, 2.75) is 0 Å². The Morgan fingerprint density at radius 3 is 2.62 bits per heavy atom. The van der Waals surface area contributed by atoms with Gasteiger partial charge in [-0.05, 0) is 15.9 Å². The molecule has 1 N–H and O–H groups in total. The van der Waals surface area contributed by atoms with Gasteiger partial charge in [-0.25, -0.2) is 8.42 Å². The van der Waals surface area contributed by atoms with Crippen molar-refractivity contribution in [3.63, 3.8) is 0 Å². The maximum Gasteiger partial charge on any atom is 0.240 e. The van der Waals surface area contributed by atoms with Gasteiger partial charge in [0, 0.05) is 7.05 Å². The van der Waals surface area contributed by atoms with E-state index < -0.39 is 15.9 Å². The number of likely N-dealkylation sites (N-methyl/N-ethyl adjacent to an activating group) is 1. The largest absolute Gasteiger partial charge is 0.306 e. The van der Waals surface area contributed by atoms with Gasteiger partial charge in [0.15, 0.2) is 10.4 Å². The lowest BCUT2D eigenvalue weighted by Gasteiger charge is -2.12. The Morgan fingerprint density at radius 2 is 2.19 bits per heavy atom. The summed E-state index contributed by atoms with van der Waals surface area (Å²) in [6.45, 7) is -0.261. The number of aromatic nitrogens is 2. The topological polar surface area (TPSA) is 92.3 Å². The number of nitrogens with one attached hydrogen (secondary N) is 1. The molecule has 0 radical (unpaired) electrons. The van der Waals surface area contributed by atoms with Crippen LogP contribution in [0.1, 0.15) is 0 Å². The lowest BCUT2D eigenvalue weighted by molar-refractivity contribution is -0.116. The quantitative estimate of drug-likeness (QED) is 0.848. The van der Waals surface area contributed by atoms with Crippen molar-refractivity contribution in [2.24, 2.45) is 0 Å². The summed E-state index contributed by atoms with van der Waals surface area (Å²) in [6, 6.07) is 0. The third-order valence-corrected chi connectivity index (χ3v) is 4.22. The first-order valence-electron chi connectivity index (χ1n) is 4.00. The summed E-state index contributed by atoms with van der Waals surface area (Å²) in [6.07, 6.45) is 1.03. The van der Waals surface area contributed by atoms with Crippen LogP contribution in [0, 0.1) is 0 Å². The third-order valence-electron chi connectivity index (χ3n) is 1.64. The lowest BCUT2D eigenvalue weighted by atomic mass is 10.5. The van der Waals surface area contributed by atoms with Crippen molar-refractivity contribution in [3.8, 4) is 0 Å². The van der Waals surface area contributed by atoms with Gasteiger partial charge in [-0.3, -0.25) is 4.79 Å². The van der Waals surface area contributed by atoms with Gasteiger partial charge in [-0.1, -0.05) is 0 Å². The van der Waals surface area contributed by atoms with Gasteiger partial charge in [0.2, 0.25) is 15.9 Å². The molecular formula is C6H9BrN4O3S2. The SMILES string of the molecule is CN(CC(=O)Nc1nsnc1Br)S(C)(=O)=O. The van der Waals surface area contributed by atoms with Crippen LogP contribution in [-0.4, -0.2) is 47.2 Å². The fourth-order valence-electron chi connectivity index (χ4n) is 0.743. The van der Waals surface area contributed by atoms with Crippen molar-refractivity contribution < 1.29 is 13.2 Å². The zero-order valence-electron chi connectivity index (χ0n) is 8.47. The number of carbonyl (C=O) groups excluding carboxylic acids is 1. The summed E-state index contributed by atoms with van der Waals surface area (Å²) in [5.74, 6) is -0.182. The molecule has 0 aliphatic rings. The number of carbonyl (C=O) groups is 1. The first-order chi connectivity index (χ1) is 7.30. The highest BCUT2D eigenvalue weighted by molar-refractivity contribution is 9.10. The smallest absolute Gasteiger partial charge is 0.240 e. The first kappa shape index (κ1) is 13.5. The van der Waals surface area contributed by atoms with Crippen molar-refractivity contribution >= 4 is 49.4 Å². The molecule has 0 spiro atoms. The summed E-state index contributed by atoms with van der Waals surface area (Å²) in [5.41, 5.74) is 0. The summed E-state index contributed by atoms with van der Waals surface area (Å²) < 4.78 is 31.1. The minimum absolute atomic E-state index is 0.261. The molecule has 0 aliphatic heterocycles. The number of halogens is 1. The zero-order chi connectivity index (χ0) is 12.3. The van der Waals surface area contributed by atoms with Crippen molar-refractivity contribution in [2.75, 3.05) is 25.2 Å². The lowest BCUT2D eigenvalue weighted by Crippen LogP contribution is -2.34. The van der Waals surface area contributed by atoms with Crippen LogP contribution >= 0.6 is 27.7 Å². The number of hydrogen-bond donors (Lipinski definition) is 1. The van der Waals surface area contributed by atoms with Crippen LogP contribution in [0.4, 0.5) is 5.82 Å². The van der Waals surface area contributed by atoms with Crippen LogP contribution in [0.2, 0.25) is 0 Å². The van der Waals surface area contributed by atoms with Crippen LogP contribution < -0.4 is 5.32 Å². The molecule has 0 fully saturated rings. The summed E-state index contributed by atoms with van der Waals surface area (Å²) in [5, 5.41) is 2.44. The maximum atomic E-state index is 11.4. The van der Waals surface area contributed by atoms with E-state index in [1.54, 1.807) is 0 Å². The van der Waals surface area contributed by atoms with E-state index in [0.29, 0.717) is 4.60 Å². The molecular weight excluding hydrogens is 320 g/mol. The highest BCUT2D eigenvalue weighted by atomic mass is 79.9. The minimum Gasteiger partial charge on any atom is -0.306 e. The Morgan fingerprint density at radius 1 is 1.56 bits per heavy atom. The van der Waals surface area contributed by atoms with Gasteiger partial charge in [0.25, 0.3) is 0 Å². The van der Waals surface area contributed by atoms with E-state index in [4.69, 9.17) is 0 Å². The van der Waals surface area contributed by atoms with E-state index in [1.807, 2.05) is 0 Å². The van der Waals surface area contributed by atoms with Gasteiger partial charge in [-0.15, -0.1) is 0 Å². The average molecular weight is 329 g/mol. The number of sulfonamides is 1. The Kier molecular flexibility index (Phi) is 4.35. The number of nitrogens with zero attached hydrogens (tertiary/aromatic N) is 3. The fourth-order valence-corrected chi connectivity index (χ4v) is 2.01. The summed E-state index contributed by atoms with van der Waals surface area (Å²) >= 11 is 4.03. The van der Waals surface area contributed by atoms with E-state index in [2.05, 4.69) is 30.0 Å². The van der Waals surface area contributed by atoms with E-state index >= 15 is 0 Å². The van der Waals surface area contributed by atoms with Crippen molar-refractivity contribution in [1.29, 1.82) is 0 Å². The summed E-state index contributed by atoms with van der Waals surface area (Å²) in [7, 11) is -2.04. The Labute approximate surface area is 105 Å². The van der Waals surface area contributed by atoms with Gasteiger partial charge < -0.3 is 5.32 Å². The molecule has 0 saturated heterocycles. The van der Waals surface area contributed by atoms with Gasteiger partial charge >= 0.3 is 0 Å². The van der Waals surface area contributed by atoms with Crippen LogP contribution in [0.3, 0.4) is 0 Å². The van der Waals surface area contributed by atoms with Crippen LogP contribution in [-0.2, 0) is 14.8 Å². The fraction of sp³-hybridized carbons (Fsp3) is 0.500. The molecule has 7 nitrogen and oxygen atoms in total. The molecule has 0 bridgehead atoms. The number of hydrogen-bond acceptors (Lipinski definition) is 6. The second-order valence-corrected chi connectivity index (χ2v) is 6.34. The van der Waals surface area contributed by atoms with E-state index in [1.165, 1.54) is 7.05 Å². The second kappa shape index (κ2) is 5.17. The van der Waals surface area contributed by atoms with Gasteiger partial charge in [0.1, 0.15) is 0 Å². The molecule has 10 heteroatoms. The second-order valence-electron chi connectivity index (χ2n) is 2.97. The summed E-state index contributed by atoms with van der Waals surface area (Å²) in [4.78, 5) is 11.4. The zero-order valence-corrected chi connectivity index (χ0v) is 11.7. The highest BCUT2D eigenvalue weighted by Crippen LogP contribution is 2.18. The predicted molar refractivity (Wildman–Crippen MR) is 63.7 cm³/mol. The van der Waals surface area contributed by atoms with E-state index in [9.17, 15) is 13.2 Å². The molecule has 90 valence electrons. The Balaban J connectivity index is 2.59. The molecule has 16 heavy (non-hydrogen) atoms. The first-order valence-corrected chi connectivity index (χ1v) is 7.37. The van der Waals surface area contributed by atoms with Crippen molar-refractivity contribution in [1.82, 2.24) is 13.1 Å². The predicted octanol–water partition coefficient (Wildman–Crippen LogP) is 0.130. The molecule has 0 saturated carbocycles. The Bertz CT molecular complexity index is 486. The molecule has 0 unspecified atom stereocenters. The van der Waals surface area contributed by atoms with E-state index in [0.717, 1.165) is 22.3 Å². The molecule has 1 amide bonds. The minimum atomic E-state index is -3.36. The monoisotopic (exact) mass is 328 g/mol. The standard InChI is InChI=1S/C6H9BrN4O3S2/c1-11(16(2,13)14)3-4(12)8-6-5(7)9-15-10-6/h3H2,1-2H3,(H,8,10,12). The molecule has 0 aromatic carbocycles. The van der Waals surface area contributed by atoms with Gasteiger partial charge in [-0.2, -0.15) is 13.1 Å². The van der Waals surface area contributed by atoms with Crippen LogP contribution in [0.15, 0.2) is 4.60 Å². The highest BCUT2D eigenvalue weighted by Gasteiger charge is 2.16. The molecule has 0 atom stereocenters. The van der Waals surface area contributed by atoms with E-state index in [-0.39, 0.29) is 12.4 Å². The average Bonchev–Trinajstić information content (AvgIpc) is 2.50. The molecule has 0 aliphatic carbocycles. The number of amides is 1. The molecule has 1 heterocycles. The molecule has 1 aromatic heterocycles. The maximum absolute atomic E-state index is 11.4. The van der Waals surface area contributed by atoms with Gasteiger partial charge in [0.05, 0.1) is 24.5 Å². The number of rotatable bonds is 4.